The number of nitrogens with zero attached hydrogens (tertiary/aromatic N) is 2. The number of pyridine rings is 1. The molecule has 0 fully saturated rings. The maximum absolute atomic E-state index is 12.7. The van der Waals surface area contributed by atoms with E-state index in [0.29, 0.717) is 24.8 Å². The molecule has 118 valence electrons. The first-order valence-electron chi connectivity index (χ1n) is 7.96. The highest BCUT2D eigenvalue weighted by Gasteiger charge is 2.09. The van der Waals surface area contributed by atoms with E-state index in [1.807, 2.05) is 54.3 Å². The molecule has 0 N–H and O–H groups in total. The Hall–Kier alpha value is -2.60. The van der Waals surface area contributed by atoms with E-state index < -0.39 is 0 Å². The number of rotatable bonds is 6. The predicted molar refractivity (Wildman–Crippen MR) is 94.2 cm³/mol. The molecule has 1 aromatic heterocycles. The van der Waals surface area contributed by atoms with Gasteiger partial charge < -0.3 is 4.57 Å². The summed E-state index contributed by atoms with van der Waals surface area (Å²) < 4.78 is 1.94. The molecule has 0 spiro atoms. The molecule has 0 amide bonds. The van der Waals surface area contributed by atoms with E-state index in [1.54, 1.807) is 0 Å². The van der Waals surface area contributed by atoms with Crippen LogP contribution in [-0.4, -0.2) is 4.57 Å². The second-order valence-electron chi connectivity index (χ2n) is 5.63. The van der Waals surface area contributed by atoms with Crippen molar-refractivity contribution in [2.45, 2.75) is 32.6 Å². The normalized spacial score (nSPS) is 10.8. The van der Waals surface area contributed by atoms with Gasteiger partial charge in [-0.2, -0.15) is 5.26 Å². The van der Waals surface area contributed by atoms with Crippen molar-refractivity contribution in [1.29, 1.82) is 5.26 Å². The molecule has 1 aromatic carbocycles. The van der Waals surface area contributed by atoms with Gasteiger partial charge >= 0.3 is 0 Å². The van der Waals surface area contributed by atoms with Gasteiger partial charge in [-0.15, -0.1) is 0 Å². The molecule has 0 saturated carbocycles. The zero-order valence-corrected chi connectivity index (χ0v) is 13.7. The van der Waals surface area contributed by atoms with Crippen LogP contribution in [-0.2, 0) is 19.9 Å². The molecule has 0 unspecified atom stereocenters. The lowest BCUT2D eigenvalue weighted by atomic mass is 10.00. The van der Waals surface area contributed by atoms with Crippen LogP contribution in [0.15, 0.2) is 53.6 Å². The Morgan fingerprint density at radius 2 is 2.09 bits per heavy atom. The number of hydrogen-bond donors (Lipinski definition) is 0. The first-order valence-corrected chi connectivity index (χ1v) is 7.96. The maximum atomic E-state index is 12.7. The third kappa shape index (κ3) is 4.43. The molecule has 0 saturated heterocycles. The summed E-state index contributed by atoms with van der Waals surface area (Å²) in [5.74, 6) is 0. The van der Waals surface area contributed by atoms with Crippen molar-refractivity contribution in [3.05, 3.63) is 70.2 Å². The highest BCUT2D eigenvalue weighted by atomic mass is 16.1. The van der Waals surface area contributed by atoms with Crippen molar-refractivity contribution >= 4 is 0 Å². The van der Waals surface area contributed by atoms with Crippen LogP contribution < -0.4 is 5.43 Å². The number of hydrogen-bond acceptors (Lipinski definition) is 2. The molecular formula is C20H22N2O. The van der Waals surface area contributed by atoms with Gasteiger partial charge in [-0.05, 0) is 30.4 Å². The second kappa shape index (κ2) is 8.14. The van der Waals surface area contributed by atoms with Gasteiger partial charge in [0.1, 0.15) is 0 Å². The van der Waals surface area contributed by atoms with Crippen LogP contribution >= 0.6 is 0 Å². The van der Waals surface area contributed by atoms with Crippen molar-refractivity contribution in [3.8, 4) is 17.2 Å². The Morgan fingerprint density at radius 3 is 2.83 bits per heavy atom. The molecular weight excluding hydrogens is 284 g/mol. The Bertz CT molecular complexity index is 794. The number of aryl methyl sites for hydroxylation is 2. The van der Waals surface area contributed by atoms with Crippen molar-refractivity contribution in [3.63, 3.8) is 0 Å². The summed E-state index contributed by atoms with van der Waals surface area (Å²) in [4.78, 5) is 12.7. The summed E-state index contributed by atoms with van der Waals surface area (Å²) in [6.45, 7) is 2.08. The molecule has 3 heteroatoms. The van der Waals surface area contributed by atoms with Crippen LogP contribution in [0.2, 0.25) is 0 Å². The van der Waals surface area contributed by atoms with Crippen molar-refractivity contribution < 1.29 is 0 Å². The Labute approximate surface area is 137 Å². The fourth-order valence-electron chi connectivity index (χ4n) is 2.60. The molecule has 0 bridgehead atoms. The van der Waals surface area contributed by atoms with Crippen molar-refractivity contribution in [1.82, 2.24) is 4.57 Å². The second-order valence-corrected chi connectivity index (χ2v) is 5.63. The average molecular weight is 306 g/mol. The molecule has 2 aromatic rings. The SMILES string of the molecule is CCC=CCc1cn(C)cc(-c2cccc(CCC#N)c2)c1=O. The van der Waals surface area contributed by atoms with E-state index in [9.17, 15) is 4.79 Å². The average Bonchev–Trinajstić information content (AvgIpc) is 2.56. The number of aromatic nitrogens is 1. The largest absolute Gasteiger partial charge is 0.356 e. The van der Waals surface area contributed by atoms with E-state index in [2.05, 4.69) is 19.1 Å². The zero-order valence-electron chi connectivity index (χ0n) is 13.7. The smallest absolute Gasteiger partial charge is 0.192 e. The lowest BCUT2D eigenvalue weighted by Gasteiger charge is -2.09. The van der Waals surface area contributed by atoms with Gasteiger partial charge in [-0.3, -0.25) is 4.79 Å². The maximum Gasteiger partial charge on any atom is 0.192 e. The zero-order chi connectivity index (χ0) is 16.7. The molecule has 0 atom stereocenters. The van der Waals surface area contributed by atoms with Gasteiger partial charge in [0.05, 0.1) is 6.07 Å². The highest BCUT2D eigenvalue weighted by Crippen LogP contribution is 2.18. The number of nitriles is 1. The van der Waals surface area contributed by atoms with Crippen molar-refractivity contribution in [2.24, 2.45) is 7.05 Å². The topological polar surface area (TPSA) is 45.8 Å². The summed E-state index contributed by atoms with van der Waals surface area (Å²) in [7, 11) is 1.94. The summed E-state index contributed by atoms with van der Waals surface area (Å²) in [6, 6.07) is 10.1. The van der Waals surface area contributed by atoms with Gasteiger partial charge in [-0.1, -0.05) is 43.3 Å². The molecule has 0 aliphatic rings. The fraction of sp³-hybridized carbons (Fsp3) is 0.300. The van der Waals surface area contributed by atoms with E-state index >= 15 is 0 Å². The van der Waals surface area contributed by atoms with Gasteiger partial charge in [0.15, 0.2) is 5.43 Å². The molecule has 23 heavy (non-hydrogen) atoms. The first-order chi connectivity index (χ1) is 11.2. The van der Waals surface area contributed by atoms with E-state index in [1.165, 1.54) is 0 Å². The van der Waals surface area contributed by atoms with Crippen molar-refractivity contribution in [2.75, 3.05) is 0 Å². The Morgan fingerprint density at radius 1 is 1.26 bits per heavy atom. The number of allylic oxidation sites excluding steroid dienone is 2. The molecule has 0 radical (unpaired) electrons. The minimum Gasteiger partial charge on any atom is -0.356 e. The Balaban J connectivity index is 2.41. The molecule has 2 rings (SSSR count). The minimum atomic E-state index is 0.0845. The van der Waals surface area contributed by atoms with Crippen LogP contribution in [0.1, 0.15) is 30.9 Å². The molecule has 3 nitrogen and oxygen atoms in total. The first kappa shape index (κ1) is 16.8. The highest BCUT2D eigenvalue weighted by molar-refractivity contribution is 5.64. The van der Waals surface area contributed by atoms with Gasteiger partial charge in [0.2, 0.25) is 0 Å². The molecule has 0 aliphatic carbocycles. The van der Waals surface area contributed by atoms with Crippen LogP contribution in [0.3, 0.4) is 0 Å². The van der Waals surface area contributed by atoms with Crippen LogP contribution in [0, 0.1) is 11.3 Å². The van der Waals surface area contributed by atoms with E-state index in [-0.39, 0.29) is 5.43 Å². The standard InChI is InChI=1S/C20H22N2O/c1-3-4-5-10-18-14-22(2)15-19(20(18)23)17-11-6-8-16(13-17)9-7-12-21/h4-6,8,11,13-15H,3,7,9-10H2,1-2H3. The summed E-state index contributed by atoms with van der Waals surface area (Å²) in [5, 5.41) is 8.72. The van der Waals surface area contributed by atoms with Crippen LogP contribution in [0.4, 0.5) is 0 Å². The van der Waals surface area contributed by atoms with Gasteiger partial charge in [0, 0.05) is 37.0 Å². The molecule has 0 aliphatic heterocycles. The van der Waals surface area contributed by atoms with Crippen LogP contribution in [0.5, 0.6) is 0 Å². The lowest BCUT2D eigenvalue weighted by Crippen LogP contribution is -2.14. The summed E-state index contributed by atoms with van der Waals surface area (Å²) in [6.07, 6.45) is 10.7. The lowest BCUT2D eigenvalue weighted by molar-refractivity contribution is 0.884. The summed E-state index contributed by atoms with van der Waals surface area (Å²) >= 11 is 0. The van der Waals surface area contributed by atoms with E-state index in [0.717, 1.165) is 23.1 Å². The predicted octanol–water partition coefficient (Wildman–Crippen LogP) is 4.02. The monoisotopic (exact) mass is 306 g/mol. The quantitative estimate of drug-likeness (QED) is 0.757. The third-order valence-corrected chi connectivity index (χ3v) is 3.73. The Kier molecular flexibility index (Phi) is 5.94. The third-order valence-electron chi connectivity index (χ3n) is 3.73. The fourth-order valence-corrected chi connectivity index (χ4v) is 2.60. The van der Waals surface area contributed by atoms with Crippen LogP contribution in [0.25, 0.3) is 11.1 Å². The molecule has 1 heterocycles. The minimum absolute atomic E-state index is 0.0845. The van der Waals surface area contributed by atoms with Gasteiger partial charge in [-0.25, -0.2) is 0 Å². The number of benzene rings is 1. The van der Waals surface area contributed by atoms with Gasteiger partial charge in [0.25, 0.3) is 0 Å². The summed E-state index contributed by atoms with van der Waals surface area (Å²) in [5.41, 5.74) is 3.61. The van der Waals surface area contributed by atoms with E-state index in [4.69, 9.17) is 5.26 Å².